The van der Waals surface area contributed by atoms with Crippen LogP contribution >= 0.6 is 0 Å². The van der Waals surface area contributed by atoms with E-state index in [0.717, 1.165) is 37.4 Å². The molecule has 112 valence electrons. The van der Waals surface area contributed by atoms with Gasteiger partial charge in [0.1, 0.15) is 0 Å². The predicted octanol–water partition coefficient (Wildman–Crippen LogP) is 3.74. The van der Waals surface area contributed by atoms with Crippen LogP contribution in [0.2, 0.25) is 0 Å². The van der Waals surface area contributed by atoms with Gasteiger partial charge >= 0.3 is 0 Å². The molecule has 0 spiro atoms. The van der Waals surface area contributed by atoms with Crippen molar-refractivity contribution in [1.82, 2.24) is 10.1 Å². The average Bonchev–Trinajstić information content (AvgIpc) is 2.89. The van der Waals surface area contributed by atoms with Crippen LogP contribution < -0.4 is 5.73 Å². The van der Waals surface area contributed by atoms with E-state index in [9.17, 15) is 0 Å². The van der Waals surface area contributed by atoms with E-state index >= 15 is 0 Å². The van der Waals surface area contributed by atoms with Crippen molar-refractivity contribution >= 4 is 0 Å². The smallest absolute Gasteiger partial charge is 0.229 e. The second kappa shape index (κ2) is 5.47. The number of hydrogen-bond donors (Lipinski definition) is 1. The lowest BCUT2D eigenvalue weighted by Crippen LogP contribution is -2.25. The molecule has 2 fully saturated rings. The number of rotatable bonds is 2. The van der Waals surface area contributed by atoms with Crippen molar-refractivity contribution in [3.63, 3.8) is 0 Å². The van der Waals surface area contributed by atoms with Gasteiger partial charge in [-0.05, 0) is 56.8 Å². The summed E-state index contributed by atoms with van der Waals surface area (Å²) in [6.07, 6.45) is 9.28. The summed E-state index contributed by atoms with van der Waals surface area (Å²) in [5.74, 6) is 2.75. The van der Waals surface area contributed by atoms with Crippen LogP contribution in [0.15, 0.2) is 4.52 Å². The Morgan fingerprint density at radius 3 is 2.30 bits per heavy atom. The van der Waals surface area contributed by atoms with Crippen LogP contribution in [0.5, 0.6) is 0 Å². The van der Waals surface area contributed by atoms with Gasteiger partial charge in [0.25, 0.3) is 0 Å². The van der Waals surface area contributed by atoms with Gasteiger partial charge in [0.15, 0.2) is 5.82 Å². The molecule has 2 saturated carbocycles. The molecule has 0 amide bonds. The molecule has 0 radical (unpaired) electrons. The number of nitrogens with zero attached hydrogens (tertiary/aromatic N) is 2. The van der Waals surface area contributed by atoms with Crippen molar-refractivity contribution < 1.29 is 4.52 Å². The highest BCUT2D eigenvalue weighted by atomic mass is 16.5. The maximum Gasteiger partial charge on any atom is 0.229 e. The maximum absolute atomic E-state index is 5.96. The highest BCUT2D eigenvalue weighted by Gasteiger charge is 2.31. The fourth-order valence-corrected chi connectivity index (χ4v) is 3.60. The second-order valence-electron chi connectivity index (χ2n) is 7.54. The Kier molecular flexibility index (Phi) is 3.85. The first kappa shape index (κ1) is 14.1. The van der Waals surface area contributed by atoms with Crippen LogP contribution in [0.1, 0.15) is 88.8 Å². The van der Waals surface area contributed by atoms with E-state index in [0.29, 0.717) is 23.3 Å². The quantitative estimate of drug-likeness (QED) is 0.894. The molecule has 4 nitrogen and oxygen atoms in total. The molecule has 2 aliphatic rings. The molecule has 20 heavy (non-hydrogen) atoms. The lowest BCUT2D eigenvalue weighted by atomic mass is 9.73. The third kappa shape index (κ3) is 3.05. The van der Waals surface area contributed by atoms with Crippen LogP contribution in [-0.4, -0.2) is 16.2 Å². The van der Waals surface area contributed by atoms with E-state index in [2.05, 4.69) is 19.0 Å². The number of hydrogen-bond acceptors (Lipinski definition) is 4. The lowest BCUT2D eigenvalue weighted by molar-refractivity contribution is 0.218. The molecule has 1 aromatic heterocycles. The zero-order valence-corrected chi connectivity index (χ0v) is 12.8. The minimum atomic E-state index is 0.370. The largest absolute Gasteiger partial charge is 0.339 e. The van der Waals surface area contributed by atoms with Crippen LogP contribution in [0.3, 0.4) is 0 Å². The Hall–Kier alpha value is -0.900. The van der Waals surface area contributed by atoms with Gasteiger partial charge in [-0.1, -0.05) is 19.0 Å². The van der Waals surface area contributed by atoms with Crippen molar-refractivity contribution in [2.24, 2.45) is 11.1 Å². The summed E-state index contributed by atoms with van der Waals surface area (Å²) in [7, 11) is 0. The first-order valence-electron chi connectivity index (χ1n) is 8.12. The first-order valence-corrected chi connectivity index (χ1v) is 8.12. The molecule has 2 N–H and O–H groups in total. The van der Waals surface area contributed by atoms with E-state index in [4.69, 9.17) is 15.2 Å². The molecular formula is C16H27N3O. The third-order valence-electron chi connectivity index (χ3n) is 5.28. The summed E-state index contributed by atoms with van der Waals surface area (Å²) < 4.78 is 5.54. The summed E-state index contributed by atoms with van der Waals surface area (Å²) in [5, 5.41) is 4.26. The summed E-state index contributed by atoms with van der Waals surface area (Å²) in [4.78, 5) is 4.71. The van der Waals surface area contributed by atoms with Gasteiger partial charge in [-0.2, -0.15) is 4.98 Å². The zero-order chi connectivity index (χ0) is 14.2. The minimum absolute atomic E-state index is 0.370. The van der Waals surface area contributed by atoms with Crippen LogP contribution in [0.4, 0.5) is 0 Å². The normalized spacial score (nSPS) is 31.4. The van der Waals surface area contributed by atoms with Crippen molar-refractivity contribution in [3.8, 4) is 0 Å². The van der Waals surface area contributed by atoms with E-state index in [1.54, 1.807) is 0 Å². The van der Waals surface area contributed by atoms with Crippen molar-refractivity contribution in [2.75, 3.05) is 0 Å². The van der Waals surface area contributed by atoms with Crippen LogP contribution in [-0.2, 0) is 0 Å². The minimum Gasteiger partial charge on any atom is -0.339 e. The molecular weight excluding hydrogens is 250 g/mol. The predicted molar refractivity (Wildman–Crippen MR) is 78.5 cm³/mol. The zero-order valence-electron chi connectivity index (χ0n) is 12.8. The van der Waals surface area contributed by atoms with Gasteiger partial charge in [0.2, 0.25) is 5.89 Å². The van der Waals surface area contributed by atoms with Crippen molar-refractivity contribution in [3.05, 3.63) is 11.7 Å². The number of aromatic nitrogens is 2. The SMILES string of the molecule is CC1(C)CCC(c2noc(C3CCC(N)CC3)n2)CC1. The molecule has 0 aliphatic heterocycles. The van der Waals surface area contributed by atoms with Gasteiger partial charge in [0.05, 0.1) is 0 Å². The highest BCUT2D eigenvalue weighted by molar-refractivity contribution is 5.02. The average molecular weight is 277 g/mol. The fourth-order valence-electron chi connectivity index (χ4n) is 3.60. The number of nitrogens with two attached hydrogens (primary N) is 1. The third-order valence-corrected chi connectivity index (χ3v) is 5.28. The van der Waals surface area contributed by atoms with E-state index in [1.807, 2.05) is 0 Å². The monoisotopic (exact) mass is 277 g/mol. The second-order valence-corrected chi connectivity index (χ2v) is 7.54. The summed E-state index contributed by atoms with van der Waals surface area (Å²) in [6.45, 7) is 4.71. The molecule has 3 rings (SSSR count). The Balaban J connectivity index is 1.62. The van der Waals surface area contributed by atoms with Gasteiger partial charge in [-0.3, -0.25) is 0 Å². The maximum atomic E-state index is 5.96. The highest BCUT2D eigenvalue weighted by Crippen LogP contribution is 2.42. The van der Waals surface area contributed by atoms with Gasteiger partial charge in [-0.25, -0.2) is 0 Å². The standard InChI is InChI=1S/C16H27N3O/c1-16(2)9-7-11(8-10-16)14-18-15(20-19-14)12-3-5-13(17)6-4-12/h11-13H,3-10,17H2,1-2H3. The molecule has 0 saturated heterocycles. The molecule has 0 aromatic carbocycles. The molecule has 0 atom stereocenters. The Labute approximate surface area is 121 Å². The van der Waals surface area contributed by atoms with Crippen molar-refractivity contribution in [2.45, 2.75) is 83.1 Å². The molecule has 1 heterocycles. The molecule has 2 aliphatic carbocycles. The van der Waals surface area contributed by atoms with Gasteiger partial charge in [-0.15, -0.1) is 0 Å². The van der Waals surface area contributed by atoms with Gasteiger partial charge in [0, 0.05) is 17.9 Å². The van der Waals surface area contributed by atoms with E-state index < -0.39 is 0 Å². The van der Waals surface area contributed by atoms with E-state index in [-0.39, 0.29) is 0 Å². The lowest BCUT2D eigenvalue weighted by Gasteiger charge is -2.32. The van der Waals surface area contributed by atoms with Gasteiger partial charge < -0.3 is 10.3 Å². The molecule has 0 unspecified atom stereocenters. The van der Waals surface area contributed by atoms with Crippen LogP contribution in [0.25, 0.3) is 0 Å². The van der Waals surface area contributed by atoms with Crippen molar-refractivity contribution in [1.29, 1.82) is 0 Å². The summed E-state index contributed by atoms with van der Waals surface area (Å²) >= 11 is 0. The summed E-state index contributed by atoms with van der Waals surface area (Å²) in [6, 6.07) is 0.370. The molecule has 0 bridgehead atoms. The molecule has 4 heteroatoms. The topological polar surface area (TPSA) is 64.9 Å². The van der Waals surface area contributed by atoms with E-state index in [1.165, 1.54) is 25.7 Å². The van der Waals surface area contributed by atoms with Crippen LogP contribution in [0, 0.1) is 5.41 Å². The first-order chi connectivity index (χ1) is 9.53. The fraction of sp³-hybridized carbons (Fsp3) is 0.875. The summed E-state index contributed by atoms with van der Waals surface area (Å²) in [5.41, 5.74) is 6.44. The molecule has 1 aromatic rings. The Morgan fingerprint density at radius 1 is 1.00 bits per heavy atom. The Bertz CT molecular complexity index is 436. The Morgan fingerprint density at radius 2 is 1.65 bits per heavy atom.